The largest absolute Gasteiger partial charge is 0.393 e. The van der Waals surface area contributed by atoms with Crippen LogP contribution in [0.5, 0.6) is 0 Å². The van der Waals surface area contributed by atoms with Gasteiger partial charge in [-0.05, 0) is 75.0 Å². The Morgan fingerprint density at radius 2 is 1.84 bits per heavy atom. The fourth-order valence-corrected chi connectivity index (χ4v) is 7.68. The minimum absolute atomic E-state index is 0.0690. The van der Waals surface area contributed by atoms with Gasteiger partial charge in [0.05, 0.1) is 6.10 Å². The monoisotopic (exact) mass is 347 g/mol. The predicted octanol–water partition coefficient (Wildman–Crippen LogP) is 2.86. The van der Waals surface area contributed by atoms with Crippen LogP contribution < -0.4 is 5.73 Å². The van der Waals surface area contributed by atoms with Crippen molar-refractivity contribution in [3.05, 3.63) is 0 Å². The first-order valence-electron chi connectivity index (χ1n) is 10.1. The molecule has 3 N–H and O–H groups in total. The molecule has 0 saturated heterocycles. The van der Waals surface area contributed by atoms with Gasteiger partial charge in [-0.1, -0.05) is 13.8 Å². The maximum atomic E-state index is 13.3. The lowest BCUT2D eigenvalue weighted by molar-refractivity contribution is -0.164. The summed E-state index contributed by atoms with van der Waals surface area (Å²) in [4.78, 5) is 25.5. The summed E-state index contributed by atoms with van der Waals surface area (Å²) in [5.74, 6) is 1.55. The topological polar surface area (TPSA) is 80.4 Å². The molecule has 4 aliphatic carbocycles. The van der Waals surface area contributed by atoms with Crippen LogP contribution in [0.1, 0.15) is 72.1 Å². The lowest BCUT2D eigenvalue weighted by atomic mass is 9.42. The van der Waals surface area contributed by atoms with Gasteiger partial charge >= 0.3 is 0 Å². The second-order valence-corrected chi connectivity index (χ2v) is 10.0. The minimum Gasteiger partial charge on any atom is -0.393 e. The van der Waals surface area contributed by atoms with E-state index in [1.54, 1.807) is 6.92 Å². The zero-order chi connectivity index (χ0) is 18.2. The number of carbonyl (C=O) groups is 2. The van der Waals surface area contributed by atoms with E-state index in [9.17, 15) is 14.7 Å². The van der Waals surface area contributed by atoms with Crippen molar-refractivity contribution in [1.82, 2.24) is 0 Å². The van der Waals surface area contributed by atoms with Crippen LogP contribution in [0.3, 0.4) is 0 Å². The quantitative estimate of drug-likeness (QED) is 0.764. The zero-order valence-corrected chi connectivity index (χ0v) is 15.9. The maximum Gasteiger partial charge on any atom is 0.140 e. The number of fused-ring (bicyclic) bond motifs is 5. The molecule has 4 heteroatoms. The van der Waals surface area contributed by atoms with Crippen LogP contribution in [-0.4, -0.2) is 28.3 Å². The molecule has 4 aliphatic rings. The van der Waals surface area contributed by atoms with Gasteiger partial charge < -0.3 is 10.8 Å². The number of hydrogen-bond acceptors (Lipinski definition) is 4. The molecule has 0 aromatic rings. The van der Waals surface area contributed by atoms with E-state index in [0.29, 0.717) is 36.4 Å². The average Bonchev–Trinajstić information content (AvgIpc) is 2.89. The van der Waals surface area contributed by atoms with Gasteiger partial charge in [0, 0.05) is 23.3 Å². The summed E-state index contributed by atoms with van der Waals surface area (Å²) in [5, 5.41) is 10.2. The summed E-state index contributed by atoms with van der Waals surface area (Å²) in [7, 11) is 0. The molecular weight excluding hydrogens is 314 g/mol. The number of aliphatic hydroxyl groups excluding tert-OH is 1. The van der Waals surface area contributed by atoms with Crippen molar-refractivity contribution < 1.29 is 14.7 Å². The summed E-state index contributed by atoms with van der Waals surface area (Å²) in [6.07, 6.45) is 6.51. The fraction of sp³-hybridized carbons (Fsp3) is 0.905. The Bertz CT molecular complexity index is 618. The molecule has 0 aromatic carbocycles. The molecule has 4 fully saturated rings. The van der Waals surface area contributed by atoms with Crippen LogP contribution >= 0.6 is 0 Å². The smallest absolute Gasteiger partial charge is 0.140 e. The van der Waals surface area contributed by atoms with Crippen molar-refractivity contribution in [2.45, 2.75) is 83.8 Å². The maximum absolute atomic E-state index is 13.3. The van der Waals surface area contributed by atoms with Gasteiger partial charge in [0.2, 0.25) is 0 Å². The highest BCUT2D eigenvalue weighted by Crippen LogP contribution is 2.66. The van der Waals surface area contributed by atoms with E-state index in [-0.39, 0.29) is 28.8 Å². The standard InChI is InChI=1S/C21H33NO3/c1-12(23)15-4-5-16-14-7-9-21(22)11-13(24)6-8-19(21,2)17(14)10-18(25)20(15,16)3/h13-17,24H,4-11,22H2,1-3H3/t13-,14?,15+,16?,17?,19+,20+,21+/m0/s1. The van der Waals surface area contributed by atoms with Gasteiger partial charge in [-0.2, -0.15) is 0 Å². The number of nitrogens with two attached hydrogens (primary N) is 1. The molecule has 0 aliphatic heterocycles. The molecule has 0 amide bonds. The lowest BCUT2D eigenvalue weighted by Gasteiger charge is -2.64. The van der Waals surface area contributed by atoms with Crippen LogP contribution in [-0.2, 0) is 9.59 Å². The van der Waals surface area contributed by atoms with Gasteiger partial charge in [-0.3, -0.25) is 9.59 Å². The molecule has 0 heterocycles. The molecule has 8 atom stereocenters. The highest BCUT2D eigenvalue weighted by atomic mass is 16.3. The molecule has 4 rings (SSSR count). The van der Waals surface area contributed by atoms with Crippen LogP contribution in [0, 0.1) is 34.5 Å². The third-order valence-electron chi connectivity index (χ3n) is 9.27. The van der Waals surface area contributed by atoms with E-state index < -0.39 is 5.41 Å². The summed E-state index contributed by atoms with van der Waals surface area (Å²) in [6, 6.07) is 0. The number of rotatable bonds is 1. The van der Waals surface area contributed by atoms with Gasteiger partial charge in [-0.15, -0.1) is 0 Å². The highest BCUT2D eigenvalue weighted by molar-refractivity contribution is 5.93. The second-order valence-electron chi connectivity index (χ2n) is 10.0. The Balaban J connectivity index is 1.71. The normalized spacial score (nSPS) is 55.2. The molecule has 140 valence electrons. The first-order chi connectivity index (χ1) is 11.6. The fourth-order valence-electron chi connectivity index (χ4n) is 7.68. The second kappa shape index (κ2) is 5.39. The van der Waals surface area contributed by atoms with E-state index in [4.69, 9.17) is 5.73 Å². The summed E-state index contributed by atoms with van der Waals surface area (Å²) >= 11 is 0. The first kappa shape index (κ1) is 17.7. The van der Waals surface area contributed by atoms with Gasteiger partial charge in [0.25, 0.3) is 0 Å². The molecular formula is C21H33NO3. The van der Waals surface area contributed by atoms with Crippen LogP contribution in [0.2, 0.25) is 0 Å². The van der Waals surface area contributed by atoms with Gasteiger partial charge in [0.15, 0.2) is 0 Å². The predicted molar refractivity (Wildman–Crippen MR) is 95.7 cm³/mol. The third-order valence-corrected chi connectivity index (χ3v) is 9.27. The molecule has 0 aromatic heterocycles. The molecule has 4 saturated carbocycles. The van der Waals surface area contributed by atoms with Crippen LogP contribution in [0.4, 0.5) is 0 Å². The molecule has 0 radical (unpaired) electrons. The Labute approximate surface area is 150 Å². The van der Waals surface area contributed by atoms with Crippen molar-refractivity contribution in [3.63, 3.8) is 0 Å². The molecule has 0 bridgehead atoms. The molecule has 0 spiro atoms. The Morgan fingerprint density at radius 1 is 1.12 bits per heavy atom. The lowest BCUT2D eigenvalue weighted by Crippen LogP contribution is -2.68. The molecule has 4 nitrogen and oxygen atoms in total. The third kappa shape index (κ3) is 2.13. The van der Waals surface area contributed by atoms with Crippen molar-refractivity contribution in [3.8, 4) is 0 Å². The van der Waals surface area contributed by atoms with E-state index in [0.717, 1.165) is 38.5 Å². The number of ketones is 2. The van der Waals surface area contributed by atoms with Gasteiger partial charge in [0.1, 0.15) is 11.6 Å². The number of hydrogen-bond donors (Lipinski definition) is 2. The van der Waals surface area contributed by atoms with E-state index >= 15 is 0 Å². The Hall–Kier alpha value is -0.740. The van der Waals surface area contributed by atoms with Crippen molar-refractivity contribution in [2.24, 2.45) is 40.2 Å². The molecule has 25 heavy (non-hydrogen) atoms. The SMILES string of the molecule is CC(=O)[C@H]1CCC2C3CC[C@@]4(N)C[C@@H](O)CC[C@]4(C)C3CC(=O)[C@@]21C. The summed E-state index contributed by atoms with van der Waals surface area (Å²) in [6.45, 7) is 6.02. The summed E-state index contributed by atoms with van der Waals surface area (Å²) in [5.41, 5.74) is 5.99. The van der Waals surface area contributed by atoms with Crippen molar-refractivity contribution >= 4 is 11.6 Å². The highest BCUT2D eigenvalue weighted by Gasteiger charge is 2.66. The van der Waals surface area contributed by atoms with Crippen molar-refractivity contribution in [2.75, 3.05) is 0 Å². The van der Waals surface area contributed by atoms with E-state index in [1.807, 2.05) is 0 Å². The van der Waals surface area contributed by atoms with Crippen molar-refractivity contribution in [1.29, 1.82) is 0 Å². The number of aliphatic hydroxyl groups is 1. The first-order valence-corrected chi connectivity index (χ1v) is 10.1. The number of Topliss-reactive ketones (excluding diaryl/α,β-unsaturated/α-hetero) is 2. The van der Waals surface area contributed by atoms with E-state index in [2.05, 4.69) is 13.8 Å². The Kier molecular flexibility index (Phi) is 3.81. The number of carbonyl (C=O) groups excluding carboxylic acids is 2. The average molecular weight is 347 g/mol. The van der Waals surface area contributed by atoms with Gasteiger partial charge in [-0.25, -0.2) is 0 Å². The van der Waals surface area contributed by atoms with E-state index in [1.165, 1.54) is 0 Å². The van der Waals surface area contributed by atoms with Crippen LogP contribution in [0.25, 0.3) is 0 Å². The summed E-state index contributed by atoms with van der Waals surface area (Å²) < 4.78 is 0. The molecule has 3 unspecified atom stereocenters. The van der Waals surface area contributed by atoms with Crippen LogP contribution in [0.15, 0.2) is 0 Å². The zero-order valence-electron chi connectivity index (χ0n) is 15.9. The Morgan fingerprint density at radius 3 is 2.52 bits per heavy atom. The minimum atomic E-state index is -0.452.